The van der Waals surface area contributed by atoms with E-state index in [-0.39, 0.29) is 11.9 Å². The molecule has 0 aliphatic heterocycles. The average Bonchev–Trinajstić information content (AvgIpc) is 2.83. The molecule has 2 aromatic rings. The zero-order valence-corrected chi connectivity index (χ0v) is 11.9. The van der Waals surface area contributed by atoms with Crippen LogP contribution in [0.2, 0.25) is 0 Å². The van der Waals surface area contributed by atoms with Crippen LogP contribution in [0.5, 0.6) is 0 Å². The Morgan fingerprint density at radius 3 is 2.67 bits per heavy atom. The van der Waals surface area contributed by atoms with E-state index in [0.29, 0.717) is 4.47 Å². The zero-order valence-electron chi connectivity index (χ0n) is 10.3. The minimum absolute atomic E-state index is 0.132. The molecule has 1 heterocycles. The number of benzene rings is 1. The molecule has 0 spiro atoms. The summed E-state index contributed by atoms with van der Waals surface area (Å²) in [5.74, 6) is 1.47. The Bertz CT molecular complexity index is 538. The first kappa shape index (κ1) is 13.3. The summed E-state index contributed by atoms with van der Waals surface area (Å²) in [5.41, 5.74) is 0.843. The van der Waals surface area contributed by atoms with Crippen LogP contribution in [-0.2, 0) is 6.42 Å². The van der Waals surface area contributed by atoms with Crippen molar-refractivity contribution in [1.82, 2.24) is 5.32 Å². The molecule has 2 rings (SSSR count). The second kappa shape index (κ2) is 5.67. The summed E-state index contributed by atoms with van der Waals surface area (Å²) in [6.07, 6.45) is 0.852. The average molecular weight is 312 g/mol. The Morgan fingerprint density at radius 1 is 1.33 bits per heavy atom. The van der Waals surface area contributed by atoms with Gasteiger partial charge in [0.1, 0.15) is 17.3 Å². The molecule has 0 aliphatic rings. The standard InChI is InChI=1S/C14H15BrFNO/c1-3-10-5-7-13(18-10)14(17-2)9-4-6-11(15)12(16)8-9/h4-8,14,17H,3H2,1-2H3. The minimum atomic E-state index is -0.268. The molecule has 0 amide bonds. The Balaban J connectivity index is 2.35. The Kier molecular flexibility index (Phi) is 4.19. The molecule has 4 heteroatoms. The molecule has 1 atom stereocenters. The van der Waals surface area contributed by atoms with Gasteiger partial charge in [-0.2, -0.15) is 0 Å². The van der Waals surface area contributed by atoms with Crippen molar-refractivity contribution in [2.45, 2.75) is 19.4 Å². The van der Waals surface area contributed by atoms with Crippen LogP contribution in [0.1, 0.15) is 30.0 Å². The number of halogens is 2. The lowest BCUT2D eigenvalue weighted by molar-refractivity contribution is 0.433. The van der Waals surface area contributed by atoms with Crippen molar-refractivity contribution in [3.8, 4) is 0 Å². The third kappa shape index (κ3) is 2.65. The van der Waals surface area contributed by atoms with Gasteiger partial charge in [-0.05, 0) is 52.8 Å². The van der Waals surface area contributed by atoms with Crippen LogP contribution in [0, 0.1) is 5.82 Å². The number of aryl methyl sites for hydroxylation is 1. The van der Waals surface area contributed by atoms with Crippen molar-refractivity contribution in [2.24, 2.45) is 0 Å². The molecule has 0 saturated heterocycles. The maximum absolute atomic E-state index is 13.6. The molecule has 1 N–H and O–H groups in total. The summed E-state index contributed by atoms with van der Waals surface area (Å²) in [6, 6.07) is 8.85. The topological polar surface area (TPSA) is 25.2 Å². The van der Waals surface area contributed by atoms with Gasteiger partial charge >= 0.3 is 0 Å². The fourth-order valence-electron chi connectivity index (χ4n) is 1.90. The summed E-state index contributed by atoms with van der Waals surface area (Å²) >= 11 is 3.15. The summed E-state index contributed by atoms with van der Waals surface area (Å²) in [6.45, 7) is 2.04. The molecule has 0 fully saturated rings. The predicted octanol–water partition coefficient (Wildman–Crippen LogP) is 4.05. The van der Waals surface area contributed by atoms with Gasteiger partial charge in [-0.15, -0.1) is 0 Å². The predicted molar refractivity (Wildman–Crippen MR) is 73.1 cm³/mol. The fourth-order valence-corrected chi connectivity index (χ4v) is 2.15. The minimum Gasteiger partial charge on any atom is -0.464 e. The van der Waals surface area contributed by atoms with Gasteiger partial charge in [-0.1, -0.05) is 13.0 Å². The molecule has 18 heavy (non-hydrogen) atoms. The van der Waals surface area contributed by atoms with Crippen molar-refractivity contribution in [1.29, 1.82) is 0 Å². The lowest BCUT2D eigenvalue weighted by atomic mass is 10.0. The highest BCUT2D eigenvalue weighted by molar-refractivity contribution is 9.10. The number of nitrogens with one attached hydrogen (secondary N) is 1. The van der Waals surface area contributed by atoms with E-state index in [1.165, 1.54) is 6.07 Å². The van der Waals surface area contributed by atoms with Gasteiger partial charge in [0.15, 0.2) is 0 Å². The highest BCUT2D eigenvalue weighted by Crippen LogP contribution is 2.26. The van der Waals surface area contributed by atoms with Gasteiger partial charge in [-0.3, -0.25) is 0 Å². The van der Waals surface area contributed by atoms with Crippen LogP contribution in [0.15, 0.2) is 39.2 Å². The lowest BCUT2D eigenvalue weighted by Crippen LogP contribution is -2.17. The Morgan fingerprint density at radius 2 is 2.11 bits per heavy atom. The van der Waals surface area contributed by atoms with Crippen molar-refractivity contribution in [2.75, 3.05) is 7.05 Å². The molecule has 1 aromatic carbocycles. The quantitative estimate of drug-likeness (QED) is 0.921. The number of hydrogen-bond acceptors (Lipinski definition) is 2. The van der Waals surface area contributed by atoms with Crippen LogP contribution < -0.4 is 5.32 Å². The van der Waals surface area contributed by atoms with Crippen LogP contribution in [0.3, 0.4) is 0 Å². The van der Waals surface area contributed by atoms with E-state index in [1.54, 1.807) is 6.07 Å². The third-order valence-corrected chi connectivity index (χ3v) is 3.52. The first-order valence-electron chi connectivity index (χ1n) is 5.86. The van der Waals surface area contributed by atoms with Gasteiger partial charge in [-0.25, -0.2) is 4.39 Å². The van der Waals surface area contributed by atoms with Crippen LogP contribution in [0.4, 0.5) is 4.39 Å². The van der Waals surface area contributed by atoms with Crippen LogP contribution in [0.25, 0.3) is 0 Å². The number of furan rings is 1. The monoisotopic (exact) mass is 311 g/mol. The van der Waals surface area contributed by atoms with Crippen molar-refractivity contribution >= 4 is 15.9 Å². The van der Waals surface area contributed by atoms with Crippen LogP contribution in [-0.4, -0.2) is 7.05 Å². The molecule has 2 nitrogen and oxygen atoms in total. The normalized spacial score (nSPS) is 12.7. The van der Waals surface area contributed by atoms with E-state index in [0.717, 1.165) is 23.5 Å². The van der Waals surface area contributed by atoms with Gasteiger partial charge in [0.05, 0.1) is 10.5 Å². The van der Waals surface area contributed by atoms with Gasteiger partial charge in [0.25, 0.3) is 0 Å². The summed E-state index contributed by atoms with van der Waals surface area (Å²) in [7, 11) is 1.83. The summed E-state index contributed by atoms with van der Waals surface area (Å²) in [4.78, 5) is 0. The Hall–Kier alpha value is -1.13. The molecule has 0 radical (unpaired) electrons. The van der Waals surface area contributed by atoms with Crippen molar-refractivity contribution in [3.05, 3.63) is 57.7 Å². The number of hydrogen-bond donors (Lipinski definition) is 1. The molecule has 1 aromatic heterocycles. The van der Waals surface area contributed by atoms with Crippen LogP contribution >= 0.6 is 15.9 Å². The van der Waals surface area contributed by atoms with E-state index in [1.807, 2.05) is 32.2 Å². The molecule has 96 valence electrons. The second-order valence-electron chi connectivity index (χ2n) is 4.05. The van der Waals surface area contributed by atoms with Crippen molar-refractivity contribution < 1.29 is 8.81 Å². The maximum Gasteiger partial charge on any atom is 0.137 e. The lowest BCUT2D eigenvalue weighted by Gasteiger charge is -2.14. The van der Waals surface area contributed by atoms with E-state index in [4.69, 9.17) is 4.42 Å². The molecule has 1 unspecified atom stereocenters. The largest absolute Gasteiger partial charge is 0.464 e. The van der Waals surface area contributed by atoms with E-state index < -0.39 is 0 Å². The third-order valence-electron chi connectivity index (χ3n) is 2.88. The van der Waals surface area contributed by atoms with E-state index >= 15 is 0 Å². The highest BCUT2D eigenvalue weighted by atomic mass is 79.9. The maximum atomic E-state index is 13.6. The Labute approximate surface area is 114 Å². The SMILES string of the molecule is CCc1ccc(C(NC)c2ccc(Br)c(F)c2)o1. The van der Waals surface area contributed by atoms with E-state index in [2.05, 4.69) is 21.2 Å². The second-order valence-corrected chi connectivity index (χ2v) is 4.91. The zero-order chi connectivity index (χ0) is 13.1. The number of rotatable bonds is 4. The summed E-state index contributed by atoms with van der Waals surface area (Å²) < 4.78 is 19.7. The van der Waals surface area contributed by atoms with Crippen molar-refractivity contribution in [3.63, 3.8) is 0 Å². The molecule has 0 saturated carbocycles. The fraction of sp³-hybridized carbons (Fsp3) is 0.286. The molecular formula is C14H15BrFNO. The van der Waals surface area contributed by atoms with Gasteiger partial charge < -0.3 is 9.73 Å². The van der Waals surface area contributed by atoms with Gasteiger partial charge in [0.2, 0.25) is 0 Å². The van der Waals surface area contributed by atoms with E-state index in [9.17, 15) is 4.39 Å². The molecule has 0 bridgehead atoms. The molecule has 0 aliphatic carbocycles. The smallest absolute Gasteiger partial charge is 0.137 e. The van der Waals surface area contributed by atoms with Gasteiger partial charge in [0, 0.05) is 6.42 Å². The summed E-state index contributed by atoms with van der Waals surface area (Å²) in [5, 5.41) is 3.14. The highest BCUT2D eigenvalue weighted by Gasteiger charge is 2.17. The molecular weight excluding hydrogens is 297 g/mol. The first-order chi connectivity index (χ1) is 8.65. The first-order valence-corrected chi connectivity index (χ1v) is 6.65.